The maximum absolute atomic E-state index is 5.25. The van der Waals surface area contributed by atoms with Gasteiger partial charge in [-0.05, 0) is 25.6 Å². The van der Waals surface area contributed by atoms with Crippen LogP contribution in [0.5, 0.6) is 5.75 Å². The Morgan fingerprint density at radius 2 is 2.26 bits per heavy atom. The normalized spacial score (nSPS) is 12.6. The van der Waals surface area contributed by atoms with Gasteiger partial charge < -0.3 is 10.1 Å². The first-order chi connectivity index (χ1) is 9.17. The molecule has 2 aromatic heterocycles. The SMILES string of the molecule is CCc1cc(CC(NC)c2cc(OC)cs2)n(C)n1. The van der Waals surface area contributed by atoms with Crippen molar-refractivity contribution in [3.05, 3.63) is 33.8 Å². The summed E-state index contributed by atoms with van der Waals surface area (Å²) in [5.74, 6) is 0.930. The first-order valence-electron chi connectivity index (χ1n) is 6.49. The first kappa shape index (κ1) is 14.1. The molecule has 0 aliphatic rings. The van der Waals surface area contributed by atoms with E-state index < -0.39 is 0 Å². The molecule has 0 amide bonds. The lowest BCUT2D eigenvalue weighted by atomic mass is 10.1. The van der Waals surface area contributed by atoms with Crippen molar-refractivity contribution < 1.29 is 4.74 Å². The van der Waals surface area contributed by atoms with Crippen molar-refractivity contribution in [1.82, 2.24) is 15.1 Å². The first-order valence-corrected chi connectivity index (χ1v) is 7.37. The number of thiophene rings is 1. The van der Waals surface area contributed by atoms with Crippen LogP contribution in [0.1, 0.15) is 29.2 Å². The molecule has 5 heteroatoms. The molecule has 4 nitrogen and oxygen atoms in total. The van der Waals surface area contributed by atoms with Gasteiger partial charge in [0.15, 0.2) is 0 Å². The van der Waals surface area contributed by atoms with Gasteiger partial charge in [0.2, 0.25) is 0 Å². The zero-order valence-electron chi connectivity index (χ0n) is 11.9. The fraction of sp³-hybridized carbons (Fsp3) is 0.500. The van der Waals surface area contributed by atoms with Gasteiger partial charge in [0.05, 0.1) is 12.8 Å². The molecule has 0 aliphatic carbocycles. The van der Waals surface area contributed by atoms with E-state index >= 15 is 0 Å². The average molecular weight is 279 g/mol. The predicted molar refractivity (Wildman–Crippen MR) is 79.0 cm³/mol. The van der Waals surface area contributed by atoms with Crippen LogP contribution in [0.3, 0.4) is 0 Å². The van der Waals surface area contributed by atoms with Gasteiger partial charge in [0.25, 0.3) is 0 Å². The molecule has 0 bridgehead atoms. The number of aryl methyl sites for hydroxylation is 2. The lowest BCUT2D eigenvalue weighted by Crippen LogP contribution is -2.19. The molecule has 1 unspecified atom stereocenters. The quantitative estimate of drug-likeness (QED) is 0.883. The Morgan fingerprint density at radius 3 is 2.79 bits per heavy atom. The molecular weight excluding hydrogens is 258 g/mol. The number of rotatable bonds is 6. The summed E-state index contributed by atoms with van der Waals surface area (Å²) in [7, 11) is 5.71. The largest absolute Gasteiger partial charge is 0.496 e. The van der Waals surface area contributed by atoms with E-state index in [0.717, 1.165) is 24.3 Å². The maximum Gasteiger partial charge on any atom is 0.129 e. The van der Waals surface area contributed by atoms with Gasteiger partial charge in [0, 0.05) is 35.5 Å². The third-order valence-electron chi connectivity index (χ3n) is 3.33. The highest BCUT2D eigenvalue weighted by Crippen LogP contribution is 2.28. The number of likely N-dealkylation sites (N-methyl/N-ethyl adjacent to an activating group) is 1. The number of nitrogens with one attached hydrogen (secondary N) is 1. The van der Waals surface area contributed by atoms with E-state index in [2.05, 4.69) is 29.5 Å². The van der Waals surface area contributed by atoms with Crippen molar-refractivity contribution in [3.63, 3.8) is 0 Å². The van der Waals surface area contributed by atoms with Crippen molar-refractivity contribution in [3.8, 4) is 5.75 Å². The minimum Gasteiger partial charge on any atom is -0.496 e. The Hall–Kier alpha value is -1.33. The maximum atomic E-state index is 5.25. The second-order valence-electron chi connectivity index (χ2n) is 4.54. The zero-order chi connectivity index (χ0) is 13.8. The van der Waals surface area contributed by atoms with Gasteiger partial charge in [-0.1, -0.05) is 6.92 Å². The fourth-order valence-corrected chi connectivity index (χ4v) is 3.08. The minimum absolute atomic E-state index is 0.300. The van der Waals surface area contributed by atoms with Gasteiger partial charge in [-0.2, -0.15) is 5.10 Å². The molecule has 2 heterocycles. The van der Waals surface area contributed by atoms with Crippen LogP contribution in [0.15, 0.2) is 17.5 Å². The number of methoxy groups -OCH3 is 1. The molecule has 2 aromatic rings. The van der Waals surface area contributed by atoms with Crippen LogP contribution < -0.4 is 10.1 Å². The second-order valence-corrected chi connectivity index (χ2v) is 5.48. The molecule has 104 valence electrons. The van der Waals surface area contributed by atoms with Crippen LogP contribution in [0.25, 0.3) is 0 Å². The zero-order valence-corrected chi connectivity index (χ0v) is 12.8. The van der Waals surface area contributed by atoms with Gasteiger partial charge >= 0.3 is 0 Å². The molecule has 0 fully saturated rings. The number of aromatic nitrogens is 2. The van der Waals surface area contributed by atoms with E-state index in [0.29, 0.717) is 6.04 Å². The van der Waals surface area contributed by atoms with Gasteiger partial charge in [0.1, 0.15) is 5.75 Å². The summed E-state index contributed by atoms with van der Waals surface area (Å²) in [6, 6.07) is 4.59. The molecule has 0 radical (unpaired) electrons. The van der Waals surface area contributed by atoms with Crippen LogP contribution in [0.2, 0.25) is 0 Å². The molecular formula is C14H21N3OS. The van der Waals surface area contributed by atoms with Crippen molar-refractivity contribution in [2.24, 2.45) is 7.05 Å². The Labute approximate surface area is 118 Å². The van der Waals surface area contributed by atoms with E-state index in [4.69, 9.17) is 4.74 Å². The molecule has 0 aliphatic heterocycles. The molecule has 0 spiro atoms. The predicted octanol–water partition coefficient (Wildman–Crippen LogP) is 2.56. The van der Waals surface area contributed by atoms with Crippen LogP contribution in [0.4, 0.5) is 0 Å². The lowest BCUT2D eigenvalue weighted by Gasteiger charge is -2.14. The van der Waals surface area contributed by atoms with E-state index in [1.165, 1.54) is 10.6 Å². The molecule has 0 aromatic carbocycles. The standard InChI is InChI=1S/C14H21N3OS/c1-5-10-6-11(17(3)16-10)7-13(15-2)14-8-12(18-4)9-19-14/h6,8-9,13,15H,5,7H2,1-4H3. The summed E-state index contributed by atoms with van der Waals surface area (Å²) in [4.78, 5) is 1.29. The summed E-state index contributed by atoms with van der Waals surface area (Å²) >= 11 is 1.73. The van der Waals surface area contributed by atoms with Crippen molar-refractivity contribution in [2.75, 3.05) is 14.2 Å². The third kappa shape index (κ3) is 3.16. The molecule has 19 heavy (non-hydrogen) atoms. The highest BCUT2D eigenvalue weighted by atomic mass is 32.1. The molecule has 0 saturated carbocycles. The third-order valence-corrected chi connectivity index (χ3v) is 4.35. The van der Waals surface area contributed by atoms with Gasteiger partial charge in [-0.15, -0.1) is 11.3 Å². The Morgan fingerprint density at radius 1 is 1.47 bits per heavy atom. The number of hydrogen-bond donors (Lipinski definition) is 1. The highest BCUT2D eigenvalue weighted by Gasteiger charge is 2.15. The summed E-state index contributed by atoms with van der Waals surface area (Å²) < 4.78 is 7.23. The molecule has 1 N–H and O–H groups in total. The molecule has 1 atom stereocenters. The van der Waals surface area contributed by atoms with Crippen LogP contribution in [-0.2, 0) is 19.9 Å². The van der Waals surface area contributed by atoms with Crippen LogP contribution in [-0.4, -0.2) is 23.9 Å². The second kappa shape index (κ2) is 6.21. The monoisotopic (exact) mass is 279 g/mol. The Balaban J connectivity index is 2.16. The molecule has 0 saturated heterocycles. The highest BCUT2D eigenvalue weighted by molar-refractivity contribution is 7.10. The smallest absolute Gasteiger partial charge is 0.129 e. The van der Waals surface area contributed by atoms with Crippen molar-refractivity contribution in [2.45, 2.75) is 25.8 Å². The number of hydrogen-bond acceptors (Lipinski definition) is 4. The number of ether oxygens (including phenoxy) is 1. The van der Waals surface area contributed by atoms with E-state index in [-0.39, 0.29) is 0 Å². The van der Waals surface area contributed by atoms with Gasteiger partial charge in [-0.3, -0.25) is 4.68 Å². The van der Waals surface area contributed by atoms with E-state index in [1.54, 1.807) is 18.4 Å². The van der Waals surface area contributed by atoms with E-state index in [1.807, 2.05) is 24.2 Å². The summed E-state index contributed by atoms with van der Waals surface area (Å²) in [6.45, 7) is 2.13. The fourth-order valence-electron chi connectivity index (χ4n) is 2.11. The van der Waals surface area contributed by atoms with Crippen LogP contribution in [0, 0.1) is 0 Å². The summed E-state index contributed by atoms with van der Waals surface area (Å²) in [5.41, 5.74) is 2.40. The molecule has 2 rings (SSSR count). The lowest BCUT2D eigenvalue weighted by molar-refractivity contribution is 0.416. The topological polar surface area (TPSA) is 39.1 Å². The summed E-state index contributed by atoms with van der Waals surface area (Å²) in [6.07, 6.45) is 1.91. The average Bonchev–Trinajstić information content (AvgIpc) is 3.02. The van der Waals surface area contributed by atoms with E-state index in [9.17, 15) is 0 Å². The van der Waals surface area contributed by atoms with Crippen LogP contribution >= 0.6 is 11.3 Å². The summed E-state index contributed by atoms with van der Waals surface area (Å²) in [5, 5.41) is 9.91. The Kier molecular flexibility index (Phi) is 4.61. The minimum atomic E-state index is 0.300. The van der Waals surface area contributed by atoms with Crippen molar-refractivity contribution in [1.29, 1.82) is 0 Å². The number of nitrogens with zero attached hydrogens (tertiary/aromatic N) is 2. The van der Waals surface area contributed by atoms with Gasteiger partial charge in [-0.25, -0.2) is 0 Å². The Bertz CT molecular complexity index is 533. The van der Waals surface area contributed by atoms with Crippen molar-refractivity contribution >= 4 is 11.3 Å².